The molecule has 2 heteroatoms. The van der Waals surface area contributed by atoms with Crippen LogP contribution in [0.5, 0.6) is 0 Å². The van der Waals surface area contributed by atoms with Crippen molar-refractivity contribution in [3.05, 3.63) is 12.2 Å². The lowest BCUT2D eigenvalue weighted by atomic mass is 9.79. The topological polar surface area (TPSA) is 26.3 Å². The summed E-state index contributed by atoms with van der Waals surface area (Å²) in [6.07, 6.45) is 4.39. The van der Waals surface area contributed by atoms with Crippen molar-refractivity contribution in [3.63, 3.8) is 0 Å². The van der Waals surface area contributed by atoms with Gasteiger partial charge in [0.15, 0.2) is 0 Å². The van der Waals surface area contributed by atoms with Gasteiger partial charge in [-0.25, -0.2) is 0 Å². The molecule has 2 nitrogen and oxygen atoms in total. The molecule has 0 N–H and O–H groups in total. The van der Waals surface area contributed by atoms with Crippen LogP contribution in [0.15, 0.2) is 12.2 Å². The SMILES string of the molecule is CC(=O)O[C@@H]1C(C)C=CC(C)[C@@H]1C. The summed E-state index contributed by atoms with van der Waals surface area (Å²) in [5.41, 5.74) is 0. The normalized spacial score (nSPS) is 38.8. The lowest BCUT2D eigenvalue weighted by Crippen LogP contribution is -2.35. The second-order valence-electron chi connectivity index (χ2n) is 4.04. The van der Waals surface area contributed by atoms with Crippen LogP contribution in [0, 0.1) is 17.8 Å². The minimum atomic E-state index is -0.175. The Morgan fingerprint density at radius 3 is 2.23 bits per heavy atom. The van der Waals surface area contributed by atoms with Crippen molar-refractivity contribution in [2.45, 2.75) is 33.8 Å². The van der Waals surface area contributed by atoms with E-state index in [1.165, 1.54) is 6.92 Å². The number of allylic oxidation sites excluding steroid dienone is 1. The predicted molar refractivity (Wildman–Crippen MR) is 52.2 cm³/mol. The average Bonchev–Trinajstić information content (AvgIpc) is 2.05. The Labute approximate surface area is 80.0 Å². The summed E-state index contributed by atoms with van der Waals surface area (Å²) in [7, 11) is 0. The van der Waals surface area contributed by atoms with E-state index in [1.54, 1.807) is 0 Å². The van der Waals surface area contributed by atoms with Crippen molar-refractivity contribution in [1.82, 2.24) is 0 Å². The third kappa shape index (κ3) is 2.33. The van der Waals surface area contributed by atoms with E-state index in [9.17, 15) is 4.79 Å². The van der Waals surface area contributed by atoms with Crippen molar-refractivity contribution in [2.75, 3.05) is 0 Å². The lowest BCUT2D eigenvalue weighted by molar-refractivity contribution is -0.152. The van der Waals surface area contributed by atoms with Gasteiger partial charge in [-0.1, -0.05) is 32.9 Å². The van der Waals surface area contributed by atoms with Gasteiger partial charge < -0.3 is 4.74 Å². The maximum absolute atomic E-state index is 10.9. The van der Waals surface area contributed by atoms with E-state index in [1.807, 2.05) is 0 Å². The van der Waals surface area contributed by atoms with Crippen LogP contribution >= 0.6 is 0 Å². The number of hydrogen-bond donors (Lipinski definition) is 0. The van der Waals surface area contributed by atoms with E-state index in [0.717, 1.165) is 0 Å². The molecule has 0 bridgehead atoms. The quantitative estimate of drug-likeness (QED) is 0.460. The van der Waals surface area contributed by atoms with E-state index >= 15 is 0 Å². The first-order chi connectivity index (χ1) is 6.02. The Morgan fingerprint density at radius 2 is 1.69 bits per heavy atom. The maximum atomic E-state index is 10.9. The van der Waals surface area contributed by atoms with Gasteiger partial charge in [0, 0.05) is 12.8 Å². The maximum Gasteiger partial charge on any atom is 0.302 e. The number of rotatable bonds is 1. The fourth-order valence-corrected chi connectivity index (χ4v) is 1.82. The molecule has 0 radical (unpaired) electrons. The van der Waals surface area contributed by atoms with Crippen LogP contribution in [0.4, 0.5) is 0 Å². The van der Waals surface area contributed by atoms with Gasteiger partial charge in [0.05, 0.1) is 0 Å². The van der Waals surface area contributed by atoms with Crippen molar-refractivity contribution in [1.29, 1.82) is 0 Å². The summed E-state index contributed by atoms with van der Waals surface area (Å²) >= 11 is 0. The molecule has 74 valence electrons. The molecule has 1 aliphatic rings. The summed E-state index contributed by atoms with van der Waals surface area (Å²) in [6.45, 7) is 7.86. The monoisotopic (exact) mass is 182 g/mol. The Hall–Kier alpha value is -0.790. The van der Waals surface area contributed by atoms with Gasteiger partial charge in [-0.15, -0.1) is 0 Å². The molecule has 0 spiro atoms. The number of carbonyl (C=O) groups excluding carboxylic acids is 1. The summed E-state index contributed by atoms with van der Waals surface area (Å²) < 4.78 is 5.30. The van der Waals surface area contributed by atoms with E-state index < -0.39 is 0 Å². The Morgan fingerprint density at radius 1 is 1.15 bits per heavy atom. The van der Waals surface area contributed by atoms with Gasteiger partial charge in [-0.05, 0) is 11.8 Å². The third-order valence-corrected chi connectivity index (χ3v) is 2.89. The molecule has 2 unspecified atom stereocenters. The van der Waals surface area contributed by atoms with Crippen LogP contribution in [0.3, 0.4) is 0 Å². The number of hydrogen-bond acceptors (Lipinski definition) is 2. The van der Waals surface area contributed by atoms with Gasteiger partial charge in [-0.3, -0.25) is 4.79 Å². The average molecular weight is 182 g/mol. The second kappa shape index (κ2) is 3.95. The Kier molecular flexibility index (Phi) is 3.12. The Bertz CT molecular complexity index is 220. The Balaban J connectivity index is 2.70. The van der Waals surface area contributed by atoms with E-state index in [-0.39, 0.29) is 12.1 Å². The molecule has 13 heavy (non-hydrogen) atoms. The molecule has 0 amide bonds. The standard InChI is InChI=1S/C11H18O2/c1-7-5-6-8(2)11(9(7)3)13-10(4)12/h5-9,11H,1-4H3/t7?,8?,9-,11+/m0/s1. The van der Waals surface area contributed by atoms with Crippen molar-refractivity contribution in [3.8, 4) is 0 Å². The number of carbonyl (C=O) groups is 1. The van der Waals surface area contributed by atoms with Crippen LogP contribution in [-0.4, -0.2) is 12.1 Å². The van der Waals surface area contributed by atoms with Crippen LogP contribution in [0.1, 0.15) is 27.7 Å². The highest BCUT2D eigenvalue weighted by Gasteiger charge is 2.31. The minimum absolute atomic E-state index is 0.0532. The lowest BCUT2D eigenvalue weighted by Gasteiger charge is -2.33. The van der Waals surface area contributed by atoms with Gasteiger partial charge in [0.2, 0.25) is 0 Å². The molecular formula is C11H18O2. The molecule has 0 heterocycles. The van der Waals surface area contributed by atoms with Gasteiger partial charge in [0.25, 0.3) is 0 Å². The van der Waals surface area contributed by atoms with E-state index in [0.29, 0.717) is 17.8 Å². The fourth-order valence-electron chi connectivity index (χ4n) is 1.82. The molecule has 0 saturated heterocycles. The van der Waals surface area contributed by atoms with Crippen LogP contribution < -0.4 is 0 Å². The summed E-state index contributed by atoms with van der Waals surface area (Å²) in [5, 5.41) is 0. The van der Waals surface area contributed by atoms with E-state index in [2.05, 4.69) is 32.9 Å². The summed E-state index contributed by atoms with van der Waals surface area (Å²) in [4.78, 5) is 10.9. The smallest absolute Gasteiger partial charge is 0.302 e. The molecule has 0 fully saturated rings. The van der Waals surface area contributed by atoms with Gasteiger partial charge >= 0.3 is 5.97 Å². The highest BCUT2D eigenvalue weighted by Crippen LogP contribution is 2.30. The molecular weight excluding hydrogens is 164 g/mol. The fraction of sp³-hybridized carbons (Fsp3) is 0.727. The molecule has 0 aromatic rings. The third-order valence-electron chi connectivity index (χ3n) is 2.89. The van der Waals surface area contributed by atoms with Gasteiger partial charge in [0.1, 0.15) is 6.10 Å². The van der Waals surface area contributed by atoms with Crippen LogP contribution in [-0.2, 0) is 9.53 Å². The highest BCUT2D eigenvalue weighted by molar-refractivity contribution is 5.66. The largest absolute Gasteiger partial charge is 0.462 e. The molecule has 0 aromatic heterocycles. The van der Waals surface area contributed by atoms with Crippen molar-refractivity contribution < 1.29 is 9.53 Å². The molecule has 0 aliphatic heterocycles. The molecule has 1 rings (SSSR count). The first-order valence-electron chi connectivity index (χ1n) is 4.88. The van der Waals surface area contributed by atoms with Gasteiger partial charge in [-0.2, -0.15) is 0 Å². The molecule has 0 saturated carbocycles. The molecule has 0 aromatic carbocycles. The van der Waals surface area contributed by atoms with Crippen LogP contribution in [0.25, 0.3) is 0 Å². The van der Waals surface area contributed by atoms with E-state index in [4.69, 9.17) is 4.74 Å². The zero-order valence-corrected chi connectivity index (χ0v) is 8.78. The predicted octanol–water partition coefficient (Wildman–Crippen LogP) is 2.40. The summed E-state index contributed by atoms with van der Waals surface area (Å²) in [5.74, 6) is 1.09. The number of esters is 1. The highest BCUT2D eigenvalue weighted by atomic mass is 16.5. The van der Waals surface area contributed by atoms with Crippen molar-refractivity contribution in [2.24, 2.45) is 17.8 Å². The van der Waals surface area contributed by atoms with Crippen molar-refractivity contribution >= 4 is 5.97 Å². The zero-order chi connectivity index (χ0) is 10.0. The van der Waals surface area contributed by atoms with Crippen LogP contribution in [0.2, 0.25) is 0 Å². The molecule has 4 atom stereocenters. The zero-order valence-electron chi connectivity index (χ0n) is 8.78. The first kappa shape index (κ1) is 10.3. The molecule has 1 aliphatic carbocycles. The second-order valence-corrected chi connectivity index (χ2v) is 4.04. The minimum Gasteiger partial charge on any atom is -0.462 e. The first-order valence-corrected chi connectivity index (χ1v) is 4.88. The number of ether oxygens (including phenoxy) is 1. The summed E-state index contributed by atoms with van der Waals surface area (Å²) in [6, 6.07) is 0.